The van der Waals surface area contributed by atoms with Gasteiger partial charge >= 0.3 is 0 Å². The number of azo groups is 1. The zero-order valence-electron chi connectivity index (χ0n) is 13.6. The van der Waals surface area contributed by atoms with E-state index >= 15 is 0 Å². The van der Waals surface area contributed by atoms with Gasteiger partial charge in [0, 0.05) is 11.4 Å². The highest BCUT2D eigenvalue weighted by Crippen LogP contribution is 2.23. The molecule has 3 rings (SSSR count). The van der Waals surface area contributed by atoms with Crippen molar-refractivity contribution in [3.8, 4) is 0 Å². The van der Waals surface area contributed by atoms with Gasteiger partial charge in [0.05, 0.1) is 11.4 Å². The van der Waals surface area contributed by atoms with Crippen LogP contribution in [-0.4, -0.2) is 0 Å². The lowest BCUT2D eigenvalue weighted by Gasteiger charge is -2.07. The van der Waals surface area contributed by atoms with Crippen LogP contribution in [0.4, 0.5) is 27.1 Å². The molecule has 3 aromatic carbocycles. The molecule has 0 aliphatic rings. The van der Waals surface area contributed by atoms with Gasteiger partial charge in [-0.05, 0) is 67.9 Å². The molecule has 3 nitrogen and oxygen atoms in total. The first-order valence-electron chi connectivity index (χ1n) is 7.72. The molecule has 0 bridgehead atoms. The maximum Gasteiger partial charge on any atom is 0.128 e. The summed E-state index contributed by atoms with van der Waals surface area (Å²) in [6, 6.07) is 20.5. The van der Waals surface area contributed by atoms with Crippen LogP contribution in [0.15, 0.2) is 77.0 Å². The van der Waals surface area contributed by atoms with Crippen LogP contribution < -0.4 is 5.32 Å². The van der Waals surface area contributed by atoms with Crippen molar-refractivity contribution in [1.29, 1.82) is 0 Å². The van der Waals surface area contributed by atoms with E-state index in [4.69, 9.17) is 0 Å². The third-order valence-corrected chi connectivity index (χ3v) is 3.64. The molecule has 0 atom stereocenters. The fraction of sp³-hybridized carbons (Fsp3) is 0.100. The van der Waals surface area contributed by atoms with Gasteiger partial charge in [-0.1, -0.05) is 23.8 Å². The largest absolute Gasteiger partial charge is 0.355 e. The summed E-state index contributed by atoms with van der Waals surface area (Å²) in [7, 11) is 0. The molecule has 0 aliphatic carbocycles. The van der Waals surface area contributed by atoms with Gasteiger partial charge in [0.15, 0.2) is 0 Å². The Morgan fingerprint density at radius 1 is 0.708 bits per heavy atom. The monoisotopic (exact) mass is 319 g/mol. The number of aryl methyl sites for hydroxylation is 2. The molecule has 0 spiro atoms. The molecule has 0 aromatic heterocycles. The van der Waals surface area contributed by atoms with E-state index < -0.39 is 0 Å². The molecular formula is C20H18FN3. The minimum atomic E-state index is -0.219. The first-order chi connectivity index (χ1) is 11.6. The van der Waals surface area contributed by atoms with E-state index in [2.05, 4.69) is 15.5 Å². The van der Waals surface area contributed by atoms with Crippen molar-refractivity contribution < 1.29 is 4.39 Å². The first-order valence-corrected chi connectivity index (χ1v) is 7.72. The second kappa shape index (κ2) is 7.04. The summed E-state index contributed by atoms with van der Waals surface area (Å²) in [5.74, 6) is -0.219. The van der Waals surface area contributed by atoms with Gasteiger partial charge in [-0.15, -0.1) is 0 Å². The Bertz CT molecular complexity index is 853. The lowest BCUT2D eigenvalue weighted by Crippen LogP contribution is -1.91. The second-order valence-electron chi connectivity index (χ2n) is 5.67. The summed E-state index contributed by atoms with van der Waals surface area (Å²) in [6.45, 7) is 3.78. The summed E-state index contributed by atoms with van der Waals surface area (Å²) in [5, 5.41) is 11.6. The third kappa shape index (κ3) is 4.04. The van der Waals surface area contributed by atoms with Crippen molar-refractivity contribution in [1.82, 2.24) is 0 Å². The van der Waals surface area contributed by atoms with E-state index in [1.54, 1.807) is 13.0 Å². The van der Waals surface area contributed by atoms with Gasteiger partial charge in [-0.25, -0.2) is 4.39 Å². The Morgan fingerprint density at radius 2 is 1.25 bits per heavy atom. The summed E-state index contributed by atoms with van der Waals surface area (Å²) in [6.07, 6.45) is 0. The van der Waals surface area contributed by atoms with Gasteiger partial charge in [-0.3, -0.25) is 0 Å². The maximum absolute atomic E-state index is 13.6. The second-order valence-corrected chi connectivity index (χ2v) is 5.67. The fourth-order valence-corrected chi connectivity index (χ4v) is 2.18. The average molecular weight is 319 g/mol. The van der Waals surface area contributed by atoms with Gasteiger partial charge < -0.3 is 5.32 Å². The van der Waals surface area contributed by atoms with Crippen LogP contribution in [0.3, 0.4) is 0 Å². The van der Waals surface area contributed by atoms with Crippen LogP contribution >= 0.6 is 0 Å². The van der Waals surface area contributed by atoms with Gasteiger partial charge in [0.25, 0.3) is 0 Å². The molecule has 4 heteroatoms. The Labute approximate surface area is 140 Å². The Morgan fingerprint density at radius 3 is 1.83 bits per heavy atom. The average Bonchev–Trinajstić information content (AvgIpc) is 2.59. The minimum Gasteiger partial charge on any atom is -0.355 e. The molecule has 0 fully saturated rings. The van der Waals surface area contributed by atoms with Crippen LogP contribution in [-0.2, 0) is 0 Å². The Kier molecular flexibility index (Phi) is 4.66. The van der Waals surface area contributed by atoms with Gasteiger partial charge in [-0.2, -0.15) is 10.2 Å². The Hall–Kier alpha value is -3.01. The zero-order chi connectivity index (χ0) is 16.9. The first kappa shape index (κ1) is 15.9. The molecule has 0 amide bonds. The number of benzene rings is 3. The van der Waals surface area contributed by atoms with E-state index in [-0.39, 0.29) is 5.82 Å². The van der Waals surface area contributed by atoms with Crippen molar-refractivity contribution in [2.75, 3.05) is 5.32 Å². The number of hydrogen-bond acceptors (Lipinski definition) is 3. The van der Waals surface area contributed by atoms with E-state index in [1.165, 1.54) is 11.6 Å². The quantitative estimate of drug-likeness (QED) is 0.540. The zero-order valence-corrected chi connectivity index (χ0v) is 13.6. The van der Waals surface area contributed by atoms with Crippen molar-refractivity contribution in [2.24, 2.45) is 10.2 Å². The van der Waals surface area contributed by atoms with Crippen molar-refractivity contribution in [2.45, 2.75) is 13.8 Å². The van der Waals surface area contributed by atoms with E-state index in [9.17, 15) is 4.39 Å². The van der Waals surface area contributed by atoms with Crippen LogP contribution in [0, 0.1) is 19.7 Å². The number of rotatable bonds is 4. The van der Waals surface area contributed by atoms with Crippen molar-refractivity contribution in [3.63, 3.8) is 0 Å². The minimum absolute atomic E-state index is 0.219. The predicted molar refractivity (Wildman–Crippen MR) is 96.2 cm³/mol. The molecule has 1 N–H and O–H groups in total. The van der Waals surface area contributed by atoms with Crippen LogP contribution in [0.5, 0.6) is 0 Å². The lowest BCUT2D eigenvalue weighted by atomic mass is 10.2. The summed E-state index contributed by atoms with van der Waals surface area (Å²) in [5.41, 5.74) is 4.98. The number of hydrogen-bond donors (Lipinski definition) is 1. The summed E-state index contributed by atoms with van der Waals surface area (Å²) < 4.78 is 13.6. The van der Waals surface area contributed by atoms with Crippen LogP contribution in [0.1, 0.15) is 11.1 Å². The number of halogens is 1. The molecule has 0 saturated carbocycles. The van der Waals surface area contributed by atoms with E-state index in [0.29, 0.717) is 11.3 Å². The SMILES string of the molecule is Cc1ccc(/N=N\c2ccc(Nc3ccc(C)c(F)c3)cc2)cc1. The highest BCUT2D eigenvalue weighted by atomic mass is 19.1. The molecule has 0 unspecified atom stereocenters. The summed E-state index contributed by atoms with van der Waals surface area (Å²) >= 11 is 0. The smallest absolute Gasteiger partial charge is 0.128 e. The van der Waals surface area contributed by atoms with Crippen LogP contribution in [0.2, 0.25) is 0 Å². The number of nitrogens with zero attached hydrogens (tertiary/aromatic N) is 2. The molecule has 120 valence electrons. The Balaban J connectivity index is 1.68. The number of anilines is 2. The highest BCUT2D eigenvalue weighted by molar-refractivity contribution is 5.62. The van der Waals surface area contributed by atoms with Crippen molar-refractivity contribution in [3.05, 3.63) is 83.7 Å². The fourth-order valence-electron chi connectivity index (χ4n) is 2.18. The lowest BCUT2D eigenvalue weighted by molar-refractivity contribution is 0.619. The third-order valence-electron chi connectivity index (χ3n) is 3.64. The molecule has 0 aliphatic heterocycles. The van der Waals surface area contributed by atoms with Gasteiger partial charge in [0.1, 0.15) is 5.82 Å². The molecule has 0 heterocycles. The standard InChI is InChI=1S/C20H18FN3/c1-14-3-6-17(7-4-14)23-24-18-11-9-16(10-12-18)22-19-8-5-15(2)20(21)13-19/h3-13,22H,1-2H3/b24-23-. The summed E-state index contributed by atoms with van der Waals surface area (Å²) in [4.78, 5) is 0. The van der Waals surface area contributed by atoms with Gasteiger partial charge in [0.2, 0.25) is 0 Å². The molecule has 0 radical (unpaired) electrons. The molecular weight excluding hydrogens is 301 g/mol. The van der Waals surface area contributed by atoms with E-state index in [1.807, 2.05) is 61.5 Å². The topological polar surface area (TPSA) is 36.8 Å². The molecule has 24 heavy (non-hydrogen) atoms. The molecule has 3 aromatic rings. The normalized spacial score (nSPS) is 11.0. The maximum atomic E-state index is 13.6. The van der Waals surface area contributed by atoms with Crippen LogP contribution in [0.25, 0.3) is 0 Å². The number of nitrogens with one attached hydrogen (secondary N) is 1. The van der Waals surface area contributed by atoms with E-state index in [0.717, 1.165) is 17.1 Å². The predicted octanol–water partition coefficient (Wildman–Crippen LogP) is 6.60. The van der Waals surface area contributed by atoms with Crippen molar-refractivity contribution >= 4 is 22.7 Å². The molecule has 0 saturated heterocycles. The highest BCUT2D eigenvalue weighted by Gasteiger charge is 2.00.